The van der Waals surface area contributed by atoms with E-state index in [1.165, 1.54) is 6.42 Å². The van der Waals surface area contributed by atoms with E-state index in [0.717, 1.165) is 6.61 Å². The van der Waals surface area contributed by atoms with Crippen LogP contribution in [0, 0.1) is 5.41 Å². The molecule has 0 aromatic carbocycles. The van der Waals surface area contributed by atoms with Gasteiger partial charge >= 0.3 is 0 Å². The van der Waals surface area contributed by atoms with Gasteiger partial charge in [-0.15, -0.1) is 0 Å². The lowest BCUT2D eigenvalue weighted by molar-refractivity contribution is 0.398. The molecule has 0 saturated carbocycles. The zero-order valence-electron chi connectivity index (χ0n) is 7.90. The normalized spacial score (nSPS) is 23.1. The Morgan fingerprint density at radius 1 is 1.40 bits per heavy atom. The van der Waals surface area contributed by atoms with Crippen LogP contribution in [0.15, 0.2) is 0 Å². The molecule has 0 amide bonds. The quantitative estimate of drug-likeness (QED) is 0.476. The molecule has 1 aliphatic rings. The smallest absolute Gasteiger partial charge is 0.0781 e. The summed E-state index contributed by atoms with van der Waals surface area (Å²) >= 11 is 0. The fraction of sp³-hybridized carbons (Fsp3) is 1.00. The molecule has 0 aromatic heterocycles. The summed E-state index contributed by atoms with van der Waals surface area (Å²) in [5.41, 5.74) is 0.542. The van der Waals surface area contributed by atoms with Crippen LogP contribution in [0.5, 0.6) is 0 Å². The van der Waals surface area contributed by atoms with Crippen molar-refractivity contribution in [2.75, 3.05) is 6.61 Å². The Kier molecular flexibility index (Phi) is 3.95. The molecule has 0 spiro atoms. The lowest BCUT2D eigenvalue weighted by atomic mass is 9.94. The van der Waals surface area contributed by atoms with Crippen LogP contribution < -0.4 is 0 Å². The standard InChI is InChI=1S/C6H14.C3H6O/c1-5-6(2,3)4;1-3-2-4-3/h5H2,1-4H3;3H,2H2,1H3. The highest BCUT2D eigenvalue weighted by Gasteiger charge is 2.13. The molecule has 1 heterocycles. The Morgan fingerprint density at radius 2 is 1.60 bits per heavy atom. The van der Waals surface area contributed by atoms with Crippen LogP contribution in [-0.4, -0.2) is 12.7 Å². The molecule has 0 N–H and O–H groups in total. The number of epoxide rings is 1. The van der Waals surface area contributed by atoms with Crippen LogP contribution in [0.1, 0.15) is 41.0 Å². The Hall–Kier alpha value is -0.0400. The van der Waals surface area contributed by atoms with Crippen LogP contribution in [0.25, 0.3) is 0 Å². The van der Waals surface area contributed by atoms with Gasteiger partial charge in [0.05, 0.1) is 12.7 Å². The highest BCUT2D eigenvalue weighted by Crippen LogP contribution is 2.16. The predicted octanol–water partition coefficient (Wildman–Crippen LogP) is 2.85. The molecule has 0 aliphatic carbocycles. The summed E-state index contributed by atoms with van der Waals surface area (Å²) < 4.78 is 4.71. The summed E-state index contributed by atoms with van der Waals surface area (Å²) in [7, 11) is 0. The van der Waals surface area contributed by atoms with Crippen molar-refractivity contribution in [3.8, 4) is 0 Å². The van der Waals surface area contributed by atoms with Crippen LogP contribution in [0.3, 0.4) is 0 Å². The second-order valence-electron chi connectivity index (χ2n) is 4.06. The SMILES string of the molecule is CC1CO1.CCC(C)(C)C. The van der Waals surface area contributed by atoms with E-state index < -0.39 is 0 Å². The first-order valence-electron chi connectivity index (χ1n) is 4.07. The van der Waals surface area contributed by atoms with Crippen molar-refractivity contribution in [2.45, 2.75) is 47.1 Å². The van der Waals surface area contributed by atoms with Gasteiger partial charge in [-0.25, -0.2) is 0 Å². The monoisotopic (exact) mass is 144 g/mol. The van der Waals surface area contributed by atoms with Gasteiger partial charge in [-0.3, -0.25) is 0 Å². The van der Waals surface area contributed by atoms with Crippen LogP contribution in [0.4, 0.5) is 0 Å². The van der Waals surface area contributed by atoms with Crippen molar-refractivity contribution in [3.05, 3.63) is 0 Å². The third-order valence-electron chi connectivity index (χ3n) is 1.56. The van der Waals surface area contributed by atoms with Gasteiger partial charge in [-0.05, 0) is 12.3 Å². The molecule has 0 aromatic rings. The summed E-state index contributed by atoms with van der Waals surface area (Å²) in [4.78, 5) is 0. The van der Waals surface area contributed by atoms with Gasteiger partial charge in [-0.2, -0.15) is 0 Å². The Balaban J connectivity index is 0.000000172. The molecule has 0 bridgehead atoms. The first kappa shape index (κ1) is 9.96. The van der Waals surface area contributed by atoms with Crippen molar-refractivity contribution in [1.29, 1.82) is 0 Å². The topological polar surface area (TPSA) is 12.5 Å². The molecule has 10 heavy (non-hydrogen) atoms. The average Bonchev–Trinajstić information content (AvgIpc) is 2.51. The van der Waals surface area contributed by atoms with Gasteiger partial charge in [0, 0.05) is 0 Å². The van der Waals surface area contributed by atoms with Crippen molar-refractivity contribution in [1.82, 2.24) is 0 Å². The molecule has 1 fully saturated rings. The molecule has 1 nitrogen and oxygen atoms in total. The zero-order valence-corrected chi connectivity index (χ0v) is 7.90. The van der Waals surface area contributed by atoms with Crippen LogP contribution >= 0.6 is 0 Å². The summed E-state index contributed by atoms with van der Waals surface area (Å²) in [5, 5.41) is 0. The molecule has 1 unspecified atom stereocenters. The fourth-order valence-electron chi connectivity index (χ4n) is 0.0962. The maximum atomic E-state index is 4.71. The Morgan fingerprint density at radius 3 is 1.60 bits per heavy atom. The highest BCUT2D eigenvalue weighted by molar-refractivity contribution is 4.58. The van der Waals surface area contributed by atoms with E-state index in [-0.39, 0.29) is 0 Å². The number of hydrogen-bond acceptors (Lipinski definition) is 1. The maximum absolute atomic E-state index is 4.71. The van der Waals surface area contributed by atoms with Gasteiger partial charge in [-0.1, -0.05) is 34.1 Å². The van der Waals surface area contributed by atoms with Crippen LogP contribution in [-0.2, 0) is 4.74 Å². The summed E-state index contributed by atoms with van der Waals surface area (Å²) in [6.07, 6.45) is 1.85. The maximum Gasteiger partial charge on any atom is 0.0781 e. The fourth-order valence-corrected chi connectivity index (χ4v) is 0.0962. The van der Waals surface area contributed by atoms with E-state index in [2.05, 4.69) is 34.6 Å². The molecule has 62 valence electrons. The van der Waals surface area contributed by atoms with Gasteiger partial charge in [0.15, 0.2) is 0 Å². The Bertz CT molecular complexity index is 77.2. The van der Waals surface area contributed by atoms with Crippen LogP contribution in [0.2, 0.25) is 0 Å². The lowest BCUT2D eigenvalue weighted by Crippen LogP contribution is -2.00. The summed E-state index contributed by atoms with van der Waals surface area (Å²) in [6.45, 7) is 12.0. The largest absolute Gasteiger partial charge is 0.373 e. The molecule has 0 radical (unpaired) electrons. The number of hydrogen-bond donors (Lipinski definition) is 0. The summed E-state index contributed by atoms with van der Waals surface area (Å²) in [6, 6.07) is 0. The van der Waals surface area contributed by atoms with Gasteiger partial charge in [0.1, 0.15) is 0 Å². The first-order valence-corrected chi connectivity index (χ1v) is 4.07. The Labute approximate surface area is 64.8 Å². The van der Waals surface area contributed by atoms with E-state index in [1.54, 1.807) is 0 Å². The molecule has 1 rings (SSSR count). The number of ether oxygens (including phenoxy) is 1. The van der Waals surface area contributed by atoms with E-state index in [1.807, 2.05) is 0 Å². The third kappa shape index (κ3) is 10.9. The summed E-state index contributed by atoms with van der Waals surface area (Å²) in [5.74, 6) is 0. The van der Waals surface area contributed by atoms with E-state index in [0.29, 0.717) is 11.5 Å². The second-order valence-corrected chi connectivity index (χ2v) is 4.06. The molecular formula is C9H20O. The minimum atomic E-state index is 0.542. The van der Waals surface area contributed by atoms with E-state index >= 15 is 0 Å². The minimum Gasteiger partial charge on any atom is -0.373 e. The van der Waals surface area contributed by atoms with Crippen molar-refractivity contribution < 1.29 is 4.74 Å². The minimum absolute atomic E-state index is 0.542. The van der Waals surface area contributed by atoms with Crippen molar-refractivity contribution in [3.63, 3.8) is 0 Å². The molecule has 1 saturated heterocycles. The third-order valence-corrected chi connectivity index (χ3v) is 1.56. The zero-order chi connectivity index (χ0) is 8.20. The highest BCUT2D eigenvalue weighted by atomic mass is 16.6. The molecule has 1 aliphatic heterocycles. The lowest BCUT2D eigenvalue weighted by Gasteiger charge is -2.12. The number of rotatable bonds is 0. The van der Waals surface area contributed by atoms with E-state index in [4.69, 9.17) is 4.74 Å². The first-order chi connectivity index (χ1) is 4.45. The van der Waals surface area contributed by atoms with Gasteiger partial charge in [0.25, 0.3) is 0 Å². The van der Waals surface area contributed by atoms with Crippen molar-refractivity contribution >= 4 is 0 Å². The van der Waals surface area contributed by atoms with Crippen molar-refractivity contribution in [2.24, 2.45) is 5.41 Å². The van der Waals surface area contributed by atoms with Gasteiger partial charge < -0.3 is 4.74 Å². The molecule has 1 heteroatoms. The second kappa shape index (κ2) is 3.97. The molecule has 1 atom stereocenters. The average molecular weight is 144 g/mol. The van der Waals surface area contributed by atoms with Gasteiger partial charge in [0.2, 0.25) is 0 Å². The predicted molar refractivity (Wildman–Crippen MR) is 45.2 cm³/mol. The molecular weight excluding hydrogens is 124 g/mol. The van der Waals surface area contributed by atoms with E-state index in [9.17, 15) is 0 Å².